The van der Waals surface area contributed by atoms with Gasteiger partial charge in [-0.05, 0) is 55.2 Å². The van der Waals surface area contributed by atoms with Crippen LogP contribution in [0.5, 0.6) is 0 Å². The van der Waals surface area contributed by atoms with E-state index in [1.54, 1.807) is 0 Å². The third kappa shape index (κ3) is 4.03. The van der Waals surface area contributed by atoms with Crippen molar-refractivity contribution in [3.05, 3.63) is 35.1 Å². The van der Waals surface area contributed by atoms with Crippen LogP contribution in [0.25, 0.3) is 0 Å². The van der Waals surface area contributed by atoms with Gasteiger partial charge >= 0.3 is 5.97 Å². The van der Waals surface area contributed by atoms with Crippen LogP contribution in [0.2, 0.25) is 0 Å². The molecule has 3 nitrogen and oxygen atoms in total. The van der Waals surface area contributed by atoms with Crippen LogP contribution in [0.1, 0.15) is 41.6 Å². The molecule has 1 aromatic rings. The molecule has 2 fully saturated rings. The number of hydrogen-bond donors (Lipinski definition) is 0. The van der Waals surface area contributed by atoms with E-state index in [4.69, 9.17) is 0 Å². The molecule has 2 saturated carbocycles. The molecule has 0 unspecified atom stereocenters. The van der Waals surface area contributed by atoms with Crippen molar-refractivity contribution in [1.29, 1.82) is 0 Å². The van der Waals surface area contributed by atoms with Crippen molar-refractivity contribution < 1.29 is 13.9 Å². The number of carbonyl (C=O) groups is 1. The number of methoxy groups -OCH3 is 1. The van der Waals surface area contributed by atoms with Gasteiger partial charge in [-0.15, -0.1) is 0 Å². The van der Waals surface area contributed by atoms with Crippen LogP contribution in [0.4, 0.5) is 4.39 Å². The lowest BCUT2D eigenvalue weighted by Crippen LogP contribution is -2.28. The van der Waals surface area contributed by atoms with E-state index in [1.165, 1.54) is 44.9 Å². The number of halogens is 1. The van der Waals surface area contributed by atoms with E-state index in [2.05, 4.69) is 9.64 Å². The van der Waals surface area contributed by atoms with Gasteiger partial charge in [0.2, 0.25) is 0 Å². The Hall–Kier alpha value is -1.42. The van der Waals surface area contributed by atoms with E-state index in [1.807, 2.05) is 6.07 Å². The summed E-state index contributed by atoms with van der Waals surface area (Å²) in [4.78, 5) is 13.8. The summed E-state index contributed by atoms with van der Waals surface area (Å²) in [6, 6.07) is 4.84. The predicted octanol–water partition coefficient (Wildman–Crippen LogP) is 3.23. The van der Waals surface area contributed by atoms with Crippen molar-refractivity contribution in [1.82, 2.24) is 4.90 Å². The second-order valence-electron chi connectivity index (χ2n) is 6.39. The maximum Gasteiger partial charge on any atom is 0.340 e. The molecule has 0 radical (unpaired) electrons. The number of benzene rings is 1. The minimum absolute atomic E-state index is 0.0113. The molecule has 3 rings (SSSR count). The Morgan fingerprint density at radius 1 is 1.24 bits per heavy atom. The Bertz CT molecular complexity index is 510. The molecule has 21 heavy (non-hydrogen) atoms. The van der Waals surface area contributed by atoms with Gasteiger partial charge in [0.25, 0.3) is 0 Å². The number of esters is 1. The molecule has 0 amide bonds. The first kappa shape index (κ1) is 14.5. The smallest absolute Gasteiger partial charge is 0.340 e. The van der Waals surface area contributed by atoms with E-state index in [0.29, 0.717) is 0 Å². The van der Waals surface area contributed by atoms with E-state index >= 15 is 0 Å². The van der Waals surface area contributed by atoms with Crippen LogP contribution in [-0.2, 0) is 11.3 Å². The molecule has 114 valence electrons. The third-order valence-corrected chi connectivity index (χ3v) is 4.27. The molecule has 1 aromatic carbocycles. The van der Waals surface area contributed by atoms with Crippen molar-refractivity contribution in [2.24, 2.45) is 11.8 Å². The zero-order valence-electron chi connectivity index (χ0n) is 12.5. The molecule has 0 aromatic heterocycles. The van der Waals surface area contributed by atoms with Crippen molar-refractivity contribution in [3.8, 4) is 0 Å². The van der Waals surface area contributed by atoms with Crippen LogP contribution in [-0.4, -0.2) is 31.1 Å². The lowest BCUT2D eigenvalue weighted by atomic mass is 10.1. The molecule has 0 heterocycles. The quantitative estimate of drug-likeness (QED) is 0.722. The summed E-state index contributed by atoms with van der Waals surface area (Å²) in [6.07, 6.45) is 5.32. The summed E-state index contributed by atoms with van der Waals surface area (Å²) >= 11 is 0. The molecule has 4 heteroatoms. The summed E-state index contributed by atoms with van der Waals surface area (Å²) in [7, 11) is 1.27. The van der Waals surface area contributed by atoms with Gasteiger partial charge in [0.05, 0.1) is 12.7 Å². The highest BCUT2D eigenvalue weighted by atomic mass is 19.1. The van der Waals surface area contributed by atoms with Crippen molar-refractivity contribution in [2.75, 3.05) is 20.2 Å². The molecule has 2 aliphatic rings. The fraction of sp³-hybridized carbons (Fsp3) is 0.588. The average Bonchev–Trinajstić information content (AvgIpc) is 3.34. The number of nitrogens with zero attached hydrogens (tertiary/aromatic N) is 1. The van der Waals surface area contributed by atoms with Crippen LogP contribution in [0.15, 0.2) is 18.2 Å². The molecular formula is C17H22FNO2. The van der Waals surface area contributed by atoms with Gasteiger partial charge < -0.3 is 4.74 Å². The summed E-state index contributed by atoms with van der Waals surface area (Å²) in [5.41, 5.74) is 0.943. The summed E-state index contributed by atoms with van der Waals surface area (Å²) < 4.78 is 18.5. The first-order chi connectivity index (χ1) is 10.2. The van der Waals surface area contributed by atoms with Crippen molar-refractivity contribution in [2.45, 2.75) is 32.2 Å². The van der Waals surface area contributed by atoms with E-state index < -0.39 is 11.8 Å². The molecule has 0 saturated heterocycles. The molecule has 0 bridgehead atoms. The number of rotatable bonds is 7. The monoisotopic (exact) mass is 291 g/mol. The van der Waals surface area contributed by atoms with E-state index in [0.717, 1.165) is 37.0 Å². The molecule has 0 N–H and O–H groups in total. The minimum atomic E-state index is -0.619. The normalized spacial score (nSPS) is 18.0. The zero-order chi connectivity index (χ0) is 14.8. The highest BCUT2D eigenvalue weighted by Gasteiger charge is 2.29. The molecule has 0 aliphatic heterocycles. The first-order valence-electron chi connectivity index (χ1n) is 7.75. The average molecular weight is 291 g/mol. The lowest BCUT2D eigenvalue weighted by molar-refractivity contribution is 0.0595. The molecule has 2 aliphatic carbocycles. The lowest BCUT2D eigenvalue weighted by Gasteiger charge is -2.22. The summed E-state index contributed by atoms with van der Waals surface area (Å²) in [5.74, 6) is 0.565. The highest BCUT2D eigenvalue weighted by molar-refractivity contribution is 5.89. The Morgan fingerprint density at radius 3 is 2.33 bits per heavy atom. The van der Waals surface area contributed by atoms with Crippen LogP contribution < -0.4 is 0 Å². The Morgan fingerprint density at radius 2 is 1.86 bits per heavy atom. The fourth-order valence-corrected chi connectivity index (χ4v) is 2.73. The molecule has 0 atom stereocenters. The van der Waals surface area contributed by atoms with Crippen molar-refractivity contribution >= 4 is 5.97 Å². The number of ether oxygens (including phenoxy) is 1. The largest absolute Gasteiger partial charge is 0.465 e. The van der Waals surface area contributed by atoms with Crippen molar-refractivity contribution in [3.63, 3.8) is 0 Å². The Labute approximate surface area is 125 Å². The fourth-order valence-electron chi connectivity index (χ4n) is 2.73. The minimum Gasteiger partial charge on any atom is -0.465 e. The number of hydrogen-bond acceptors (Lipinski definition) is 3. The molecular weight excluding hydrogens is 269 g/mol. The van der Waals surface area contributed by atoms with Gasteiger partial charge in [-0.3, -0.25) is 4.90 Å². The Kier molecular flexibility index (Phi) is 4.24. The number of carbonyl (C=O) groups excluding carboxylic acids is 1. The van der Waals surface area contributed by atoms with Gasteiger partial charge in [0.15, 0.2) is 0 Å². The predicted molar refractivity (Wildman–Crippen MR) is 78.5 cm³/mol. The first-order valence-corrected chi connectivity index (χ1v) is 7.75. The second-order valence-corrected chi connectivity index (χ2v) is 6.39. The zero-order valence-corrected chi connectivity index (χ0v) is 12.5. The Balaban J connectivity index is 1.66. The van der Waals surface area contributed by atoms with Gasteiger partial charge in [-0.25, -0.2) is 9.18 Å². The van der Waals surface area contributed by atoms with E-state index in [-0.39, 0.29) is 5.56 Å². The molecule has 0 spiro atoms. The summed E-state index contributed by atoms with van der Waals surface area (Å²) in [6.45, 7) is 3.01. The van der Waals surface area contributed by atoms with Crippen LogP contribution in [0.3, 0.4) is 0 Å². The topological polar surface area (TPSA) is 29.5 Å². The highest BCUT2D eigenvalue weighted by Crippen LogP contribution is 2.34. The maximum atomic E-state index is 14.0. The second kappa shape index (κ2) is 6.14. The van der Waals surface area contributed by atoms with E-state index in [9.17, 15) is 9.18 Å². The summed E-state index contributed by atoms with van der Waals surface area (Å²) in [5, 5.41) is 0. The van der Waals surface area contributed by atoms with Gasteiger partial charge in [-0.1, -0.05) is 6.07 Å². The van der Waals surface area contributed by atoms with Crippen LogP contribution >= 0.6 is 0 Å². The maximum absolute atomic E-state index is 14.0. The van der Waals surface area contributed by atoms with Gasteiger partial charge in [0, 0.05) is 19.6 Å². The third-order valence-electron chi connectivity index (χ3n) is 4.27. The van der Waals surface area contributed by atoms with Gasteiger partial charge in [0.1, 0.15) is 5.82 Å². The SMILES string of the molecule is COC(=O)c1ccc(CN(CC2CC2)CC2CC2)cc1F. The van der Waals surface area contributed by atoms with Crippen LogP contribution in [0, 0.1) is 17.7 Å². The standard InChI is InChI=1S/C17H22FNO2/c1-21-17(20)15-7-6-14(8-16(15)18)11-19(9-12-2-3-12)10-13-4-5-13/h6-8,12-13H,2-5,9-11H2,1H3. The van der Waals surface area contributed by atoms with Gasteiger partial charge in [-0.2, -0.15) is 0 Å².